The van der Waals surface area contributed by atoms with Crippen molar-refractivity contribution >= 4 is 12.0 Å². The van der Waals surface area contributed by atoms with E-state index in [1.54, 1.807) is 12.1 Å². The molecular formula is C11H12O2. The predicted molar refractivity (Wildman–Crippen MR) is 53.0 cm³/mol. The molecule has 0 bridgehead atoms. The summed E-state index contributed by atoms with van der Waals surface area (Å²) in [6.45, 7) is 7.47. The SMILES string of the molecule is C=Cc1c(C(=O)O)ccc(C)c1C. The van der Waals surface area contributed by atoms with Crippen LogP contribution < -0.4 is 0 Å². The van der Waals surface area contributed by atoms with E-state index in [1.807, 2.05) is 19.9 Å². The van der Waals surface area contributed by atoms with Gasteiger partial charge in [0.2, 0.25) is 0 Å². The maximum Gasteiger partial charge on any atom is 0.336 e. The van der Waals surface area contributed by atoms with E-state index in [-0.39, 0.29) is 0 Å². The molecule has 68 valence electrons. The molecule has 0 aliphatic rings. The second-order valence-corrected chi connectivity index (χ2v) is 2.98. The number of aromatic carboxylic acids is 1. The fraction of sp³-hybridized carbons (Fsp3) is 0.182. The van der Waals surface area contributed by atoms with Crippen LogP contribution in [0.25, 0.3) is 6.08 Å². The van der Waals surface area contributed by atoms with Crippen LogP contribution >= 0.6 is 0 Å². The molecule has 0 heterocycles. The van der Waals surface area contributed by atoms with Crippen molar-refractivity contribution < 1.29 is 9.90 Å². The maximum atomic E-state index is 10.8. The van der Waals surface area contributed by atoms with Gasteiger partial charge in [0.05, 0.1) is 5.56 Å². The van der Waals surface area contributed by atoms with Crippen LogP contribution in [0, 0.1) is 13.8 Å². The van der Waals surface area contributed by atoms with Gasteiger partial charge in [0.15, 0.2) is 0 Å². The Bertz CT molecular complexity index is 365. The largest absolute Gasteiger partial charge is 0.478 e. The number of benzene rings is 1. The topological polar surface area (TPSA) is 37.3 Å². The molecule has 0 aliphatic heterocycles. The summed E-state index contributed by atoms with van der Waals surface area (Å²) in [5, 5.41) is 8.86. The fourth-order valence-electron chi connectivity index (χ4n) is 1.29. The standard InChI is InChI=1S/C11H12O2/c1-4-9-8(3)7(2)5-6-10(9)11(12)13/h4-6H,1H2,2-3H3,(H,12,13). The molecule has 1 aromatic rings. The number of aryl methyl sites for hydroxylation is 1. The van der Waals surface area contributed by atoms with E-state index in [4.69, 9.17) is 5.11 Å². The highest BCUT2D eigenvalue weighted by Crippen LogP contribution is 2.19. The lowest BCUT2D eigenvalue weighted by Gasteiger charge is -2.07. The summed E-state index contributed by atoms with van der Waals surface area (Å²) in [5.41, 5.74) is 3.10. The van der Waals surface area contributed by atoms with Crippen molar-refractivity contribution in [2.24, 2.45) is 0 Å². The third kappa shape index (κ3) is 1.61. The first kappa shape index (κ1) is 9.52. The lowest BCUT2D eigenvalue weighted by Crippen LogP contribution is -2.02. The van der Waals surface area contributed by atoms with E-state index in [2.05, 4.69) is 6.58 Å². The monoisotopic (exact) mass is 176 g/mol. The molecule has 2 heteroatoms. The summed E-state index contributed by atoms with van der Waals surface area (Å²) >= 11 is 0. The highest BCUT2D eigenvalue weighted by atomic mass is 16.4. The van der Waals surface area contributed by atoms with Crippen molar-refractivity contribution in [3.05, 3.63) is 41.0 Å². The van der Waals surface area contributed by atoms with Gasteiger partial charge >= 0.3 is 5.97 Å². The quantitative estimate of drug-likeness (QED) is 0.752. The Morgan fingerprint density at radius 3 is 2.54 bits per heavy atom. The number of carbonyl (C=O) groups is 1. The second kappa shape index (κ2) is 3.44. The summed E-state index contributed by atoms with van der Waals surface area (Å²) in [5.74, 6) is -0.905. The third-order valence-corrected chi connectivity index (χ3v) is 2.22. The molecule has 0 aliphatic carbocycles. The molecule has 0 saturated heterocycles. The van der Waals surface area contributed by atoms with Crippen molar-refractivity contribution in [1.82, 2.24) is 0 Å². The minimum absolute atomic E-state index is 0.318. The summed E-state index contributed by atoms with van der Waals surface area (Å²) in [6, 6.07) is 3.42. The van der Waals surface area contributed by atoms with Gasteiger partial charge in [0.25, 0.3) is 0 Å². The number of hydrogen-bond donors (Lipinski definition) is 1. The van der Waals surface area contributed by atoms with Crippen LogP contribution in [0.2, 0.25) is 0 Å². The Morgan fingerprint density at radius 1 is 1.46 bits per heavy atom. The second-order valence-electron chi connectivity index (χ2n) is 2.98. The minimum Gasteiger partial charge on any atom is -0.478 e. The Labute approximate surface area is 77.5 Å². The van der Waals surface area contributed by atoms with E-state index in [1.165, 1.54) is 0 Å². The van der Waals surface area contributed by atoms with Crippen LogP contribution in [0.15, 0.2) is 18.7 Å². The lowest BCUT2D eigenvalue weighted by molar-refractivity contribution is 0.0696. The Hall–Kier alpha value is -1.57. The third-order valence-electron chi connectivity index (χ3n) is 2.22. The number of rotatable bonds is 2. The molecule has 1 N–H and O–H groups in total. The van der Waals surface area contributed by atoms with E-state index >= 15 is 0 Å². The van der Waals surface area contributed by atoms with Crippen molar-refractivity contribution in [1.29, 1.82) is 0 Å². The molecular weight excluding hydrogens is 164 g/mol. The molecule has 0 unspecified atom stereocenters. The molecule has 0 atom stereocenters. The van der Waals surface area contributed by atoms with Gasteiger partial charge in [-0.25, -0.2) is 4.79 Å². The molecule has 0 spiro atoms. The van der Waals surface area contributed by atoms with Gasteiger partial charge in [0, 0.05) is 0 Å². The van der Waals surface area contributed by atoms with E-state index in [9.17, 15) is 4.79 Å². The molecule has 1 aromatic carbocycles. The van der Waals surface area contributed by atoms with Gasteiger partial charge in [-0.1, -0.05) is 18.7 Å². The molecule has 1 rings (SSSR count). The Morgan fingerprint density at radius 2 is 2.08 bits per heavy atom. The van der Waals surface area contributed by atoms with E-state index in [0.717, 1.165) is 11.1 Å². The first-order chi connectivity index (χ1) is 6.07. The molecule has 0 fully saturated rings. The van der Waals surface area contributed by atoms with Crippen LogP contribution in [-0.4, -0.2) is 11.1 Å². The molecule has 0 aromatic heterocycles. The minimum atomic E-state index is -0.905. The van der Waals surface area contributed by atoms with Crippen molar-refractivity contribution in [2.45, 2.75) is 13.8 Å². The maximum absolute atomic E-state index is 10.8. The lowest BCUT2D eigenvalue weighted by atomic mass is 9.98. The first-order valence-corrected chi connectivity index (χ1v) is 4.04. The Balaban J connectivity index is 3.47. The van der Waals surface area contributed by atoms with Crippen molar-refractivity contribution in [3.8, 4) is 0 Å². The van der Waals surface area contributed by atoms with Gasteiger partial charge in [-0.3, -0.25) is 0 Å². The molecule has 0 amide bonds. The molecule has 0 saturated carbocycles. The predicted octanol–water partition coefficient (Wildman–Crippen LogP) is 2.64. The van der Waals surface area contributed by atoms with E-state index in [0.29, 0.717) is 11.1 Å². The van der Waals surface area contributed by atoms with Crippen LogP contribution in [0.5, 0.6) is 0 Å². The molecule has 13 heavy (non-hydrogen) atoms. The fourth-order valence-corrected chi connectivity index (χ4v) is 1.29. The van der Waals surface area contributed by atoms with Crippen LogP contribution in [0.4, 0.5) is 0 Å². The van der Waals surface area contributed by atoms with Crippen LogP contribution in [0.1, 0.15) is 27.0 Å². The zero-order chi connectivity index (χ0) is 10.0. The van der Waals surface area contributed by atoms with Crippen molar-refractivity contribution in [3.63, 3.8) is 0 Å². The summed E-state index contributed by atoms with van der Waals surface area (Å²) in [4.78, 5) is 10.8. The highest BCUT2D eigenvalue weighted by Gasteiger charge is 2.10. The zero-order valence-electron chi connectivity index (χ0n) is 7.79. The van der Waals surface area contributed by atoms with Gasteiger partial charge in [-0.05, 0) is 36.6 Å². The van der Waals surface area contributed by atoms with Crippen LogP contribution in [-0.2, 0) is 0 Å². The number of carboxylic acids is 1. The number of hydrogen-bond acceptors (Lipinski definition) is 1. The summed E-state index contributed by atoms with van der Waals surface area (Å²) in [7, 11) is 0. The van der Waals surface area contributed by atoms with Gasteiger partial charge in [-0.2, -0.15) is 0 Å². The van der Waals surface area contributed by atoms with Gasteiger partial charge < -0.3 is 5.11 Å². The average Bonchev–Trinajstić information content (AvgIpc) is 2.09. The normalized spacial score (nSPS) is 9.69. The van der Waals surface area contributed by atoms with E-state index < -0.39 is 5.97 Å². The number of carboxylic acid groups (broad SMARTS) is 1. The molecule has 0 radical (unpaired) electrons. The van der Waals surface area contributed by atoms with Crippen molar-refractivity contribution in [2.75, 3.05) is 0 Å². The van der Waals surface area contributed by atoms with Crippen LogP contribution in [0.3, 0.4) is 0 Å². The smallest absolute Gasteiger partial charge is 0.336 e. The average molecular weight is 176 g/mol. The zero-order valence-corrected chi connectivity index (χ0v) is 7.79. The molecule has 2 nitrogen and oxygen atoms in total. The summed E-state index contributed by atoms with van der Waals surface area (Å²) < 4.78 is 0. The summed E-state index contributed by atoms with van der Waals surface area (Å²) in [6.07, 6.45) is 1.59. The Kier molecular flexibility index (Phi) is 2.52. The van der Waals surface area contributed by atoms with Gasteiger partial charge in [0.1, 0.15) is 0 Å². The van der Waals surface area contributed by atoms with Gasteiger partial charge in [-0.15, -0.1) is 0 Å². The highest BCUT2D eigenvalue weighted by molar-refractivity contribution is 5.92. The first-order valence-electron chi connectivity index (χ1n) is 4.04.